The number of nitrogens with zero attached hydrogens (tertiary/aromatic N) is 3. The maximum absolute atomic E-state index is 13.7. The number of rotatable bonds is 7. The van der Waals surface area contributed by atoms with Crippen molar-refractivity contribution in [2.75, 3.05) is 13.1 Å². The lowest BCUT2D eigenvalue weighted by Crippen LogP contribution is -2.43. The van der Waals surface area contributed by atoms with Gasteiger partial charge in [0, 0.05) is 49.1 Å². The summed E-state index contributed by atoms with van der Waals surface area (Å²) >= 11 is 12.6. The molecular weight excluding hydrogens is 563 g/mol. The lowest BCUT2D eigenvalue weighted by Gasteiger charge is -2.31. The highest BCUT2D eigenvalue weighted by molar-refractivity contribution is 6.42. The zero-order chi connectivity index (χ0) is 29.7. The van der Waals surface area contributed by atoms with Crippen molar-refractivity contribution in [2.24, 2.45) is 11.8 Å². The van der Waals surface area contributed by atoms with Crippen LogP contribution in [0.5, 0.6) is 5.88 Å². The highest BCUT2D eigenvalue weighted by atomic mass is 35.5. The zero-order valence-corrected chi connectivity index (χ0v) is 25.5. The Morgan fingerprint density at radius 1 is 1.12 bits per heavy atom. The summed E-state index contributed by atoms with van der Waals surface area (Å²) in [7, 11) is 0. The van der Waals surface area contributed by atoms with Gasteiger partial charge >= 0.3 is 6.09 Å². The van der Waals surface area contributed by atoms with Gasteiger partial charge < -0.3 is 19.7 Å². The fourth-order valence-corrected chi connectivity index (χ4v) is 6.06. The van der Waals surface area contributed by atoms with Gasteiger partial charge in [0.15, 0.2) is 0 Å². The van der Waals surface area contributed by atoms with Gasteiger partial charge in [0.25, 0.3) is 0 Å². The predicted molar refractivity (Wildman–Crippen MR) is 158 cm³/mol. The number of pyridine rings is 1. The molecule has 1 saturated carbocycles. The molecule has 10 heteroatoms. The van der Waals surface area contributed by atoms with E-state index in [1.54, 1.807) is 18.3 Å². The van der Waals surface area contributed by atoms with Crippen LogP contribution in [0.2, 0.25) is 10.0 Å². The molecule has 8 nitrogen and oxygen atoms in total. The first kappa shape index (κ1) is 30.9. The van der Waals surface area contributed by atoms with E-state index in [2.05, 4.69) is 16.4 Å². The maximum Gasteiger partial charge on any atom is 0.407 e. The predicted octanol–water partition coefficient (Wildman–Crippen LogP) is 6.55. The number of likely N-dealkylation sites (tertiary alicyclic amines) is 1. The van der Waals surface area contributed by atoms with Crippen LogP contribution in [0.3, 0.4) is 0 Å². The van der Waals surface area contributed by atoms with Gasteiger partial charge in [-0.2, -0.15) is 5.26 Å². The van der Waals surface area contributed by atoms with E-state index in [1.165, 1.54) is 0 Å². The molecule has 1 aromatic carbocycles. The van der Waals surface area contributed by atoms with Gasteiger partial charge in [0.2, 0.25) is 11.8 Å². The molecule has 0 bridgehead atoms. The molecule has 220 valence electrons. The SMILES string of the molecule is C[C@@H](Oc1ccc(CC#N)cn1)[C@H]1CN(C(=O)C2CCC(NC(=O)OC(C)(C)C)CC2)C[C@@H]1c1ccc(Cl)c(Cl)c1. The Morgan fingerprint density at radius 3 is 2.46 bits per heavy atom. The molecule has 1 saturated heterocycles. The number of ether oxygens (including phenoxy) is 2. The van der Waals surface area contributed by atoms with Crippen molar-refractivity contribution in [1.29, 1.82) is 5.26 Å². The number of halogens is 2. The standard InChI is InChI=1S/C31H38Cl2N4O4/c1-19(40-28-12-5-20(13-14-34)16-35-28)24-17-37(18-25(24)22-8-11-26(32)27(33)15-22)29(38)21-6-9-23(10-7-21)36-30(39)41-31(2,3)4/h5,8,11-12,15-16,19,21,23-25H,6-7,9-10,13,17-18H2,1-4H3,(H,36,39)/t19-,21?,23?,24-,25-/m1/s1. The summed E-state index contributed by atoms with van der Waals surface area (Å²) < 4.78 is 11.6. The Labute approximate surface area is 252 Å². The molecule has 0 radical (unpaired) electrons. The second kappa shape index (κ2) is 13.3. The molecule has 2 aromatic rings. The molecule has 2 aliphatic rings. The highest BCUT2D eigenvalue weighted by Gasteiger charge is 2.42. The van der Waals surface area contributed by atoms with E-state index in [9.17, 15) is 9.59 Å². The molecular formula is C31H38Cl2N4O4. The van der Waals surface area contributed by atoms with Crippen LogP contribution in [-0.4, -0.2) is 52.7 Å². The van der Waals surface area contributed by atoms with E-state index in [0.717, 1.165) is 24.0 Å². The number of carbonyl (C=O) groups excluding carboxylic acids is 2. The number of alkyl carbamates (subject to hydrolysis) is 1. The normalized spacial score (nSPS) is 23.4. The number of hydrogen-bond acceptors (Lipinski definition) is 6. The zero-order valence-electron chi connectivity index (χ0n) is 24.0. The molecule has 4 rings (SSSR count). The first-order valence-corrected chi connectivity index (χ1v) is 14.9. The third kappa shape index (κ3) is 8.27. The second-order valence-corrected chi connectivity index (χ2v) is 12.9. The Bertz CT molecular complexity index is 1270. The van der Waals surface area contributed by atoms with E-state index in [0.29, 0.717) is 48.3 Å². The van der Waals surface area contributed by atoms with Gasteiger partial charge in [-0.1, -0.05) is 35.3 Å². The van der Waals surface area contributed by atoms with E-state index >= 15 is 0 Å². The maximum atomic E-state index is 13.7. The first-order valence-electron chi connectivity index (χ1n) is 14.1. The van der Waals surface area contributed by atoms with Crippen LogP contribution in [0.15, 0.2) is 36.5 Å². The van der Waals surface area contributed by atoms with Crippen molar-refractivity contribution < 1.29 is 19.1 Å². The molecule has 0 unspecified atom stereocenters. The van der Waals surface area contributed by atoms with Gasteiger partial charge in [-0.15, -0.1) is 0 Å². The van der Waals surface area contributed by atoms with Crippen molar-refractivity contribution in [3.63, 3.8) is 0 Å². The van der Waals surface area contributed by atoms with E-state index in [1.807, 2.05) is 50.8 Å². The minimum absolute atomic E-state index is 0.00181. The van der Waals surface area contributed by atoms with Crippen LogP contribution >= 0.6 is 23.2 Å². The Hall–Kier alpha value is -3.02. The molecule has 1 N–H and O–H groups in total. The van der Waals surface area contributed by atoms with Gasteiger partial charge in [-0.25, -0.2) is 9.78 Å². The smallest absolute Gasteiger partial charge is 0.407 e. The molecule has 0 spiro atoms. The van der Waals surface area contributed by atoms with Gasteiger partial charge in [0.1, 0.15) is 11.7 Å². The van der Waals surface area contributed by atoms with Crippen LogP contribution in [0, 0.1) is 23.2 Å². The van der Waals surface area contributed by atoms with Crippen LogP contribution in [0.1, 0.15) is 70.4 Å². The first-order chi connectivity index (χ1) is 19.4. The highest BCUT2D eigenvalue weighted by Crippen LogP contribution is 2.39. The minimum Gasteiger partial charge on any atom is -0.474 e. The number of nitrogens with one attached hydrogen (secondary N) is 1. The van der Waals surface area contributed by atoms with Crippen molar-refractivity contribution >= 4 is 35.2 Å². The van der Waals surface area contributed by atoms with Crippen LogP contribution < -0.4 is 10.1 Å². The van der Waals surface area contributed by atoms with E-state index in [-0.39, 0.29) is 35.8 Å². The van der Waals surface area contributed by atoms with Crippen LogP contribution in [-0.2, 0) is 16.0 Å². The Kier molecular flexibility index (Phi) is 10.0. The lowest BCUT2D eigenvalue weighted by atomic mass is 9.85. The molecule has 1 aliphatic carbocycles. The molecule has 1 aromatic heterocycles. The number of benzene rings is 1. The Morgan fingerprint density at radius 2 is 1.85 bits per heavy atom. The third-order valence-corrected chi connectivity index (χ3v) is 8.58. The van der Waals surface area contributed by atoms with Crippen molar-refractivity contribution in [1.82, 2.24) is 15.2 Å². The lowest BCUT2D eigenvalue weighted by molar-refractivity contribution is -0.135. The van der Waals surface area contributed by atoms with Crippen LogP contribution in [0.4, 0.5) is 4.79 Å². The number of nitriles is 1. The number of hydrogen-bond donors (Lipinski definition) is 1. The summed E-state index contributed by atoms with van der Waals surface area (Å²) in [6, 6.07) is 11.4. The van der Waals surface area contributed by atoms with Gasteiger partial charge in [-0.3, -0.25) is 4.79 Å². The largest absolute Gasteiger partial charge is 0.474 e. The molecule has 3 atom stereocenters. The summed E-state index contributed by atoms with van der Waals surface area (Å²) in [4.78, 5) is 32.2. The van der Waals surface area contributed by atoms with Gasteiger partial charge in [-0.05, 0) is 76.6 Å². The molecule has 2 heterocycles. The fraction of sp³-hybridized carbons (Fsp3) is 0.548. The second-order valence-electron chi connectivity index (χ2n) is 12.0. The summed E-state index contributed by atoms with van der Waals surface area (Å²) in [5, 5.41) is 12.8. The quantitative estimate of drug-likeness (QED) is 0.386. The molecule has 1 aliphatic heterocycles. The number of carbonyl (C=O) groups is 2. The summed E-state index contributed by atoms with van der Waals surface area (Å²) in [5.41, 5.74) is 1.29. The van der Waals surface area contributed by atoms with Crippen molar-refractivity contribution in [2.45, 2.75) is 83.5 Å². The molecule has 2 fully saturated rings. The summed E-state index contributed by atoms with van der Waals surface area (Å²) in [6.45, 7) is 8.62. The van der Waals surface area contributed by atoms with E-state index in [4.69, 9.17) is 37.9 Å². The van der Waals surface area contributed by atoms with Gasteiger partial charge in [0.05, 0.1) is 22.5 Å². The van der Waals surface area contributed by atoms with E-state index < -0.39 is 11.7 Å². The molecule has 2 amide bonds. The van der Waals surface area contributed by atoms with Crippen molar-refractivity contribution in [3.05, 3.63) is 57.7 Å². The topological polar surface area (TPSA) is 105 Å². The molecule has 41 heavy (non-hydrogen) atoms. The number of aromatic nitrogens is 1. The average Bonchev–Trinajstić information content (AvgIpc) is 3.36. The fourth-order valence-electron chi connectivity index (χ4n) is 5.75. The van der Waals surface area contributed by atoms with Crippen molar-refractivity contribution in [3.8, 4) is 11.9 Å². The summed E-state index contributed by atoms with van der Waals surface area (Å²) in [5.74, 6) is 0.534. The monoisotopic (exact) mass is 600 g/mol. The summed E-state index contributed by atoms with van der Waals surface area (Å²) in [6.07, 6.45) is 4.18. The number of amides is 2. The minimum atomic E-state index is -0.549. The average molecular weight is 602 g/mol. The Balaban J connectivity index is 1.43. The third-order valence-electron chi connectivity index (χ3n) is 7.84. The van der Waals surface area contributed by atoms with Crippen LogP contribution in [0.25, 0.3) is 0 Å².